The van der Waals surface area contributed by atoms with Gasteiger partial charge < -0.3 is 20.5 Å². The van der Waals surface area contributed by atoms with Gasteiger partial charge in [-0.1, -0.05) is 12.1 Å². The number of nitrogens with zero attached hydrogens (tertiary/aromatic N) is 1. The summed E-state index contributed by atoms with van der Waals surface area (Å²) in [5, 5.41) is 3.08. The van der Waals surface area contributed by atoms with Crippen molar-refractivity contribution in [3.05, 3.63) is 58.7 Å². The highest BCUT2D eigenvalue weighted by atomic mass is 127. The molecule has 0 amide bonds. The SMILES string of the molecule is COC(=O)c1ccc(CN=C(N)Nc2cc(C)cc(C)c2)cc1OC.I. The minimum atomic E-state index is -0.442. The first-order valence-electron chi connectivity index (χ1n) is 7.83. The van der Waals surface area contributed by atoms with E-state index in [0.29, 0.717) is 23.8 Å². The van der Waals surface area contributed by atoms with Gasteiger partial charge in [-0.25, -0.2) is 9.79 Å². The number of carbonyl (C=O) groups is 1. The van der Waals surface area contributed by atoms with E-state index >= 15 is 0 Å². The molecule has 0 aliphatic heterocycles. The molecule has 0 spiro atoms. The Labute approximate surface area is 170 Å². The average molecular weight is 469 g/mol. The van der Waals surface area contributed by atoms with Crippen LogP contribution in [0.4, 0.5) is 5.69 Å². The Morgan fingerprint density at radius 3 is 2.35 bits per heavy atom. The first-order chi connectivity index (χ1) is 11.9. The van der Waals surface area contributed by atoms with Gasteiger partial charge >= 0.3 is 5.97 Å². The number of esters is 1. The zero-order valence-corrected chi connectivity index (χ0v) is 17.7. The summed E-state index contributed by atoms with van der Waals surface area (Å²) < 4.78 is 9.97. The van der Waals surface area contributed by atoms with Crippen LogP contribution in [0.3, 0.4) is 0 Å². The molecule has 3 N–H and O–H groups in total. The molecule has 26 heavy (non-hydrogen) atoms. The fraction of sp³-hybridized carbons (Fsp3) is 0.263. The lowest BCUT2D eigenvalue weighted by Gasteiger charge is -2.10. The predicted octanol–water partition coefficient (Wildman–Crippen LogP) is 3.64. The molecule has 6 nitrogen and oxygen atoms in total. The topological polar surface area (TPSA) is 85.9 Å². The number of anilines is 1. The van der Waals surface area contributed by atoms with E-state index in [1.165, 1.54) is 14.2 Å². The number of carbonyl (C=O) groups excluding carboxylic acids is 1. The number of halogens is 1. The van der Waals surface area contributed by atoms with Gasteiger partial charge in [-0.3, -0.25) is 0 Å². The molecule has 0 saturated heterocycles. The first-order valence-corrected chi connectivity index (χ1v) is 7.83. The van der Waals surface area contributed by atoms with E-state index in [1.54, 1.807) is 18.2 Å². The van der Waals surface area contributed by atoms with Gasteiger partial charge in [0.25, 0.3) is 0 Å². The number of hydrogen-bond donors (Lipinski definition) is 2. The fourth-order valence-electron chi connectivity index (χ4n) is 2.52. The Bertz CT molecular complexity index is 786. The first kappa shape index (κ1) is 21.8. The molecule has 2 rings (SSSR count). The second kappa shape index (κ2) is 10.0. The number of methoxy groups -OCH3 is 2. The van der Waals surface area contributed by atoms with Crippen LogP contribution in [0.15, 0.2) is 41.4 Å². The highest BCUT2D eigenvalue weighted by molar-refractivity contribution is 14.0. The molecule has 0 aromatic heterocycles. The van der Waals surface area contributed by atoms with Crippen LogP contribution >= 0.6 is 24.0 Å². The van der Waals surface area contributed by atoms with Gasteiger partial charge in [0.1, 0.15) is 11.3 Å². The summed E-state index contributed by atoms with van der Waals surface area (Å²) in [7, 11) is 2.84. The monoisotopic (exact) mass is 469 g/mol. The molecular weight excluding hydrogens is 445 g/mol. The number of ether oxygens (including phenoxy) is 2. The van der Waals surface area contributed by atoms with Crippen LogP contribution in [0.5, 0.6) is 5.75 Å². The number of aryl methyl sites for hydroxylation is 2. The largest absolute Gasteiger partial charge is 0.496 e. The van der Waals surface area contributed by atoms with E-state index in [4.69, 9.17) is 15.2 Å². The zero-order chi connectivity index (χ0) is 18.4. The Hall–Kier alpha value is -2.29. The average Bonchev–Trinajstić information content (AvgIpc) is 2.58. The van der Waals surface area contributed by atoms with Crippen LogP contribution in [-0.2, 0) is 11.3 Å². The van der Waals surface area contributed by atoms with Crippen molar-refractivity contribution in [3.63, 3.8) is 0 Å². The summed E-state index contributed by atoms with van der Waals surface area (Å²) in [6.45, 7) is 4.42. The fourth-order valence-corrected chi connectivity index (χ4v) is 2.52. The van der Waals surface area contributed by atoms with Crippen molar-refractivity contribution in [2.24, 2.45) is 10.7 Å². The molecule has 140 valence electrons. The van der Waals surface area contributed by atoms with Crippen LogP contribution in [0.2, 0.25) is 0 Å². The third kappa shape index (κ3) is 5.91. The van der Waals surface area contributed by atoms with Crippen LogP contribution in [-0.4, -0.2) is 26.1 Å². The lowest BCUT2D eigenvalue weighted by atomic mass is 10.1. The lowest BCUT2D eigenvalue weighted by Crippen LogP contribution is -2.22. The molecule has 0 atom stereocenters. The molecule has 0 aliphatic carbocycles. The van der Waals surface area contributed by atoms with E-state index in [2.05, 4.69) is 16.4 Å². The summed E-state index contributed by atoms with van der Waals surface area (Å²) in [5.41, 5.74) is 10.4. The maximum absolute atomic E-state index is 11.7. The van der Waals surface area contributed by atoms with Crippen molar-refractivity contribution < 1.29 is 14.3 Å². The Morgan fingerprint density at radius 2 is 1.77 bits per heavy atom. The summed E-state index contributed by atoms with van der Waals surface area (Å²) in [6.07, 6.45) is 0. The third-order valence-corrected chi connectivity index (χ3v) is 3.60. The van der Waals surface area contributed by atoms with Crippen molar-refractivity contribution in [1.29, 1.82) is 0 Å². The predicted molar refractivity (Wildman–Crippen MR) is 115 cm³/mol. The van der Waals surface area contributed by atoms with E-state index in [9.17, 15) is 4.79 Å². The third-order valence-electron chi connectivity index (χ3n) is 3.60. The number of guanidine groups is 1. The molecule has 0 fully saturated rings. The van der Waals surface area contributed by atoms with E-state index < -0.39 is 5.97 Å². The van der Waals surface area contributed by atoms with Gasteiger partial charge in [0.05, 0.1) is 20.8 Å². The standard InChI is InChI=1S/C19H23N3O3.HI/c1-12-7-13(2)9-15(8-12)22-19(20)21-11-14-5-6-16(18(23)25-4)17(10-14)24-3;/h5-10H,11H2,1-4H3,(H3,20,21,22);1H. The smallest absolute Gasteiger partial charge is 0.341 e. The summed E-state index contributed by atoms with van der Waals surface area (Å²) in [4.78, 5) is 16.0. The highest BCUT2D eigenvalue weighted by Crippen LogP contribution is 2.21. The van der Waals surface area contributed by atoms with E-state index in [-0.39, 0.29) is 24.0 Å². The molecule has 0 saturated carbocycles. The van der Waals surface area contributed by atoms with Crippen molar-refractivity contribution in [2.45, 2.75) is 20.4 Å². The van der Waals surface area contributed by atoms with Crippen LogP contribution < -0.4 is 15.8 Å². The number of rotatable bonds is 5. The Kier molecular flexibility index (Phi) is 8.37. The number of nitrogens with one attached hydrogen (secondary N) is 1. The van der Waals surface area contributed by atoms with Gasteiger partial charge in [0.2, 0.25) is 0 Å². The Morgan fingerprint density at radius 1 is 1.12 bits per heavy atom. The molecule has 0 heterocycles. The van der Waals surface area contributed by atoms with Crippen molar-refractivity contribution in [1.82, 2.24) is 0 Å². The normalized spacial score (nSPS) is 10.7. The second-order valence-electron chi connectivity index (χ2n) is 5.73. The quantitative estimate of drug-likeness (QED) is 0.302. The van der Waals surface area contributed by atoms with Gasteiger partial charge in [-0.15, -0.1) is 24.0 Å². The zero-order valence-electron chi connectivity index (χ0n) is 15.3. The molecule has 0 aliphatic rings. The minimum absolute atomic E-state index is 0. The number of nitrogens with two attached hydrogens (primary N) is 1. The molecule has 0 radical (unpaired) electrons. The second-order valence-corrected chi connectivity index (χ2v) is 5.73. The number of aliphatic imine (C=N–C) groups is 1. The van der Waals surface area contributed by atoms with Crippen molar-refractivity contribution in [3.8, 4) is 5.75 Å². The van der Waals surface area contributed by atoms with E-state index in [0.717, 1.165) is 22.4 Å². The van der Waals surface area contributed by atoms with Crippen LogP contribution in [0, 0.1) is 13.8 Å². The van der Waals surface area contributed by atoms with Gasteiger partial charge in [-0.2, -0.15) is 0 Å². The maximum atomic E-state index is 11.7. The van der Waals surface area contributed by atoms with Gasteiger partial charge in [-0.05, 0) is 54.8 Å². The molecule has 7 heteroatoms. The minimum Gasteiger partial charge on any atom is -0.496 e. The van der Waals surface area contributed by atoms with Crippen LogP contribution in [0.1, 0.15) is 27.0 Å². The lowest BCUT2D eigenvalue weighted by molar-refractivity contribution is 0.0597. The molecule has 0 bridgehead atoms. The molecular formula is C19H24IN3O3. The number of benzene rings is 2. The molecule has 2 aromatic rings. The maximum Gasteiger partial charge on any atom is 0.341 e. The summed E-state index contributed by atoms with van der Waals surface area (Å²) in [6, 6.07) is 11.3. The molecule has 2 aromatic carbocycles. The van der Waals surface area contributed by atoms with Gasteiger partial charge in [0.15, 0.2) is 5.96 Å². The van der Waals surface area contributed by atoms with E-state index in [1.807, 2.05) is 26.0 Å². The summed E-state index contributed by atoms with van der Waals surface area (Å²) in [5.74, 6) is 0.323. The molecule has 0 unspecified atom stereocenters. The Balaban J connectivity index is 0.00000338. The van der Waals surface area contributed by atoms with Crippen molar-refractivity contribution in [2.75, 3.05) is 19.5 Å². The van der Waals surface area contributed by atoms with Crippen molar-refractivity contribution >= 4 is 41.6 Å². The highest BCUT2D eigenvalue weighted by Gasteiger charge is 2.12. The number of hydrogen-bond acceptors (Lipinski definition) is 4. The summed E-state index contributed by atoms with van der Waals surface area (Å²) >= 11 is 0. The van der Waals surface area contributed by atoms with Crippen LogP contribution in [0.25, 0.3) is 0 Å². The van der Waals surface area contributed by atoms with Gasteiger partial charge in [0, 0.05) is 5.69 Å².